The topological polar surface area (TPSA) is 60.4 Å². The highest BCUT2D eigenvalue weighted by molar-refractivity contribution is 7.07. The summed E-state index contributed by atoms with van der Waals surface area (Å²) in [6.45, 7) is 0.642. The average Bonchev–Trinajstić information content (AvgIpc) is 3.27. The van der Waals surface area contributed by atoms with E-state index in [0.717, 1.165) is 21.6 Å². The Bertz CT molecular complexity index is 1330. The molecule has 1 aliphatic rings. The SMILES string of the molecule is O=[N+]([O-])c1ccccc1N=c1scc(-c2ccc(C3CCCCC3)cc2)n1Cc1ccccc1. The minimum absolute atomic E-state index is 0.0144. The lowest BCUT2D eigenvalue weighted by Gasteiger charge is -2.22. The molecule has 0 N–H and O–H groups in total. The number of rotatable bonds is 6. The van der Waals surface area contributed by atoms with Crippen LogP contribution in [0.3, 0.4) is 0 Å². The van der Waals surface area contributed by atoms with E-state index in [1.54, 1.807) is 18.2 Å². The summed E-state index contributed by atoms with van der Waals surface area (Å²) in [5.74, 6) is 0.672. The Labute approximate surface area is 203 Å². The van der Waals surface area contributed by atoms with Crippen LogP contribution in [0.2, 0.25) is 0 Å². The van der Waals surface area contributed by atoms with Gasteiger partial charge in [-0.25, -0.2) is 4.99 Å². The van der Waals surface area contributed by atoms with E-state index in [1.165, 1.54) is 55.1 Å². The molecule has 1 aromatic heterocycles. The maximum Gasteiger partial charge on any atom is 0.294 e. The van der Waals surface area contributed by atoms with Gasteiger partial charge in [-0.15, -0.1) is 11.3 Å². The largest absolute Gasteiger partial charge is 0.312 e. The summed E-state index contributed by atoms with van der Waals surface area (Å²) in [5.41, 5.74) is 5.18. The summed E-state index contributed by atoms with van der Waals surface area (Å²) in [4.78, 5) is 16.6. The molecule has 6 heteroatoms. The first-order chi connectivity index (χ1) is 16.7. The first-order valence-electron chi connectivity index (χ1n) is 11.8. The van der Waals surface area contributed by atoms with E-state index in [1.807, 2.05) is 18.2 Å². The van der Waals surface area contributed by atoms with Crippen LogP contribution in [-0.2, 0) is 6.54 Å². The lowest BCUT2D eigenvalue weighted by molar-refractivity contribution is -0.384. The van der Waals surface area contributed by atoms with Crippen LogP contribution >= 0.6 is 11.3 Å². The second-order valence-electron chi connectivity index (χ2n) is 8.79. The minimum Gasteiger partial charge on any atom is -0.312 e. The summed E-state index contributed by atoms with van der Waals surface area (Å²) in [6.07, 6.45) is 6.57. The maximum atomic E-state index is 11.5. The number of thiazole rings is 1. The van der Waals surface area contributed by atoms with Crippen LogP contribution in [0.4, 0.5) is 11.4 Å². The van der Waals surface area contributed by atoms with Gasteiger partial charge in [0.25, 0.3) is 5.69 Å². The fraction of sp³-hybridized carbons (Fsp3) is 0.250. The van der Waals surface area contributed by atoms with Gasteiger partial charge in [0.2, 0.25) is 0 Å². The molecular weight excluding hydrogens is 442 g/mol. The highest BCUT2D eigenvalue weighted by Crippen LogP contribution is 2.34. The Morgan fingerprint density at radius 2 is 1.62 bits per heavy atom. The molecule has 0 bridgehead atoms. The summed E-state index contributed by atoms with van der Waals surface area (Å²) in [5, 5.41) is 13.6. The van der Waals surface area contributed by atoms with Crippen molar-refractivity contribution in [1.82, 2.24) is 4.57 Å². The monoisotopic (exact) mass is 469 g/mol. The molecule has 3 aromatic carbocycles. The van der Waals surface area contributed by atoms with Gasteiger partial charge in [-0.2, -0.15) is 0 Å². The van der Waals surface area contributed by atoms with E-state index in [4.69, 9.17) is 4.99 Å². The molecule has 1 aliphatic carbocycles. The van der Waals surface area contributed by atoms with Crippen molar-refractivity contribution in [1.29, 1.82) is 0 Å². The number of para-hydroxylation sites is 2. The molecule has 5 rings (SSSR count). The second-order valence-corrected chi connectivity index (χ2v) is 9.63. The molecule has 0 saturated heterocycles. The summed E-state index contributed by atoms with van der Waals surface area (Å²) >= 11 is 1.51. The fourth-order valence-corrected chi connectivity index (χ4v) is 5.67. The molecule has 5 nitrogen and oxygen atoms in total. The Kier molecular flexibility index (Phi) is 6.67. The predicted octanol–water partition coefficient (Wildman–Crippen LogP) is 7.45. The highest BCUT2D eigenvalue weighted by atomic mass is 32.1. The second kappa shape index (κ2) is 10.2. The van der Waals surface area contributed by atoms with Crippen molar-refractivity contribution in [2.24, 2.45) is 4.99 Å². The first-order valence-corrected chi connectivity index (χ1v) is 12.7. The van der Waals surface area contributed by atoms with E-state index < -0.39 is 0 Å². The van der Waals surface area contributed by atoms with E-state index in [2.05, 4.69) is 46.3 Å². The number of hydrogen-bond donors (Lipinski definition) is 0. The zero-order valence-electron chi connectivity index (χ0n) is 19.0. The van der Waals surface area contributed by atoms with Gasteiger partial charge in [0, 0.05) is 11.4 Å². The normalized spacial score (nSPS) is 14.9. The van der Waals surface area contributed by atoms with Gasteiger partial charge in [-0.05, 0) is 41.5 Å². The van der Waals surface area contributed by atoms with E-state index >= 15 is 0 Å². The summed E-state index contributed by atoms with van der Waals surface area (Å²) in [6, 6.07) is 25.9. The molecule has 0 unspecified atom stereocenters. The van der Waals surface area contributed by atoms with Gasteiger partial charge in [0.15, 0.2) is 4.80 Å². The Morgan fingerprint density at radius 1 is 0.912 bits per heavy atom. The van der Waals surface area contributed by atoms with Crippen molar-refractivity contribution in [3.63, 3.8) is 0 Å². The van der Waals surface area contributed by atoms with Gasteiger partial charge in [0.1, 0.15) is 5.69 Å². The lowest BCUT2D eigenvalue weighted by Crippen LogP contribution is -2.16. The molecule has 1 heterocycles. The van der Waals surface area contributed by atoms with Crippen molar-refractivity contribution >= 4 is 22.7 Å². The molecule has 0 spiro atoms. The van der Waals surface area contributed by atoms with Crippen LogP contribution < -0.4 is 4.80 Å². The van der Waals surface area contributed by atoms with Crippen LogP contribution in [0.25, 0.3) is 11.3 Å². The van der Waals surface area contributed by atoms with Gasteiger partial charge in [-0.3, -0.25) is 10.1 Å². The Balaban J connectivity index is 1.57. The molecule has 0 aliphatic heterocycles. The third kappa shape index (κ3) is 4.87. The van der Waals surface area contributed by atoms with E-state index in [9.17, 15) is 10.1 Å². The quantitative estimate of drug-likeness (QED) is 0.217. The molecule has 34 heavy (non-hydrogen) atoms. The Hall–Kier alpha value is -3.51. The standard InChI is InChI=1S/C28H27N3O2S/c32-31(33)26-14-8-7-13-25(26)29-28-30(19-21-9-3-1-4-10-21)27(20-34-28)24-17-15-23(16-18-24)22-11-5-2-6-12-22/h1,3-4,7-10,13-18,20,22H,2,5-6,11-12,19H2. The van der Waals surface area contributed by atoms with Crippen molar-refractivity contribution in [2.75, 3.05) is 0 Å². The zero-order chi connectivity index (χ0) is 23.3. The predicted molar refractivity (Wildman–Crippen MR) is 137 cm³/mol. The van der Waals surface area contributed by atoms with Crippen molar-refractivity contribution in [2.45, 2.75) is 44.6 Å². The van der Waals surface area contributed by atoms with E-state index in [0.29, 0.717) is 18.2 Å². The summed E-state index contributed by atoms with van der Waals surface area (Å²) < 4.78 is 2.16. The number of nitrogens with zero attached hydrogens (tertiary/aromatic N) is 3. The van der Waals surface area contributed by atoms with Gasteiger partial charge in [0.05, 0.1) is 17.2 Å². The third-order valence-corrected chi connectivity index (χ3v) is 7.42. The van der Waals surface area contributed by atoms with Gasteiger partial charge >= 0.3 is 0 Å². The number of benzene rings is 3. The number of aromatic nitrogens is 1. The van der Waals surface area contributed by atoms with Gasteiger partial charge in [-0.1, -0.05) is 86.0 Å². The summed E-state index contributed by atoms with van der Waals surface area (Å²) in [7, 11) is 0. The molecule has 1 fully saturated rings. The fourth-order valence-electron chi connectivity index (χ4n) is 4.75. The molecule has 0 amide bonds. The van der Waals surface area contributed by atoms with Crippen LogP contribution in [0.15, 0.2) is 89.2 Å². The molecule has 0 atom stereocenters. The number of nitro groups is 1. The molecule has 4 aromatic rings. The minimum atomic E-state index is -0.376. The third-order valence-electron chi connectivity index (χ3n) is 6.56. The van der Waals surface area contributed by atoms with Crippen LogP contribution in [-0.4, -0.2) is 9.49 Å². The number of nitro benzene ring substituents is 1. The first kappa shape index (κ1) is 22.3. The van der Waals surface area contributed by atoms with Crippen molar-refractivity contribution < 1.29 is 4.92 Å². The number of hydrogen-bond acceptors (Lipinski definition) is 4. The molecule has 1 saturated carbocycles. The zero-order valence-corrected chi connectivity index (χ0v) is 19.8. The maximum absolute atomic E-state index is 11.5. The van der Waals surface area contributed by atoms with E-state index in [-0.39, 0.29) is 10.6 Å². The lowest BCUT2D eigenvalue weighted by atomic mass is 9.84. The average molecular weight is 470 g/mol. The van der Waals surface area contributed by atoms with Crippen LogP contribution in [0, 0.1) is 10.1 Å². The van der Waals surface area contributed by atoms with Crippen LogP contribution in [0.5, 0.6) is 0 Å². The molecule has 172 valence electrons. The molecule has 0 radical (unpaired) electrons. The van der Waals surface area contributed by atoms with Crippen molar-refractivity contribution in [3.05, 3.63) is 110 Å². The van der Waals surface area contributed by atoms with Crippen molar-refractivity contribution in [3.8, 4) is 11.3 Å². The molecular formula is C28H27N3O2S. The highest BCUT2D eigenvalue weighted by Gasteiger charge is 2.17. The smallest absolute Gasteiger partial charge is 0.294 e. The van der Waals surface area contributed by atoms with Gasteiger partial charge < -0.3 is 4.57 Å². The Morgan fingerprint density at radius 3 is 2.35 bits per heavy atom. The van der Waals surface area contributed by atoms with Crippen LogP contribution in [0.1, 0.15) is 49.1 Å².